The van der Waals surface area contributed by atoms with Gasteiger partial charge in [0, 0.05) is 51.9 Å². The average Bonchev–Trinajstić information content (AvgIpc) is 2.63. The minimum absolute atomic E-state index is 0.108. The average molecular weight is 363 g/mol. The molecule has 2 heterocycles. The van der Waals surface area contributed by atoms with E-state index in [1.54, 1.807) is 17.1 Å². The third-order valence-corrected chi connectivity index (χ3v) is 5.36. The van der Waals surface area contributed by atoms with Gasteiger partial charge in [0.05, 0.1) is 13.1 Å². The number of carbonyl (C=O) groups is 2. The summed E-state index contributed by atoms with van der Waals surface area (Å²) >= 11 is 0. The van der Waals surface area contributed by atoms with Gasteiger partial charge in [-0.25, -0.2) is 0 Å². The first kappa shape index (κ1) is 20.6. The molecule has 0 aliphatic carbocycles. The molecule has 0 radical (unpaired) electrons. The van der Waals surface area contributed by atoms with Crippen molar-refractivity contribution in [3.8, 4) is 0 Å². The number of piperazine rings is 1. The van der Waals surface area contributed by atoms with Crippen molar-refractivity contribution in [1.29, 1.82) is 0 Å². The number of amides is 2. The van der Waals surface area contributed by atoms with Crippen molar-refractivity contribution in [2.75, 3.05) is 58.9 Å². The first-order valence-electron chi connectivity index (χ1n) is 9.79. The number of hydrogen-bond donors (Lipinski definition) is 0. The number of likely N-dealkylation sites (tertiary alicyclic amines) is 1. The first-order valence-corrected chi connectivity index (χ1v) is 9.79. The lowest BCUT2D eigenvalue weighted by Crippen LogP contribution is -2.53. The van der Waals surface area contributed by atoms with Crippen LogP contribution in [0.2, 0.25) is 0 Å². The summed E-state index contributed by atoms with van der Waals surface area (Å²) in [6.07, 6.45) is 6.96. The zero-order chi connectivity index (χ0) is 18.9. The Kier molecular flexibility index (Phi) is 8.32. The van der Waals surface area contributed by atoms with Gasteiger partial charge in [0.25, 0.3) is 0 Å². The fraction of sp³-hybridized carbons (Fsp3) is 0.700. The van der Waals surface area contributed by atoms with Crippen LogP contribution < -0.4 is 0 Å². The summed E-state index contributed by atoms with van der Waals surface area (Å²) in [6.45, 7) is 15.8. The predicted molar refractivity (Wildman–Crippen MR) is 105 cm³/mol. The molecule has 2 amide bonds. The predicted octanol–water partition coefficient (Wildman–Crippen LogP) is 1.21. The second-order valence-corrected chi connectivity index (χ2v) is 7.36. The van der Waals surface area contributed by atoms with Crippen LogP contribution in [0.25, 0.3) is 0 Å². The molecule has 0 spiro atoms. The van der Waals surface area contributed by atoms with Gasteiger partial charge >= 0.3 is 0 Å². The lowest BCUT2D eigenvalue weighted by molar-refractivity contribution is -0.137. The molecule has 26 heavy (non-hydrogen) atoms. The Morgan fingerprint density at radius 2 is 1.54 bits per heavy atom. The van der Waals surface area contributed by atoms with Crippen molar-refractivity contribution in [1.82, 2.24) is 19.6 Å². The second kappa shape index (κ2) is 10.5. The molecule has 0 saturated carbocycles. The molecule has 0 aromatic heterocycles. The van der Waals surface area contributed by atoms with Crippen LogP contribution in [0.1, 0.15) is 26.2 Å². The molecule has 0 bridgehead atoms. The van der Waals surface area contributed by atoms with Crippen LogP contribution in [0.15, 0.2) is 25.3 Å². The summed E-state index contributed by atoms with van der Waals surface area (Å²) < 4.78 is 0. The van der Waals surface area contributed by atoms with Crippen molar-refractivity contribution in [2.45, 2.75) is 32.2 Å². The van der Waals surface area contributed by atoms with E-state index in [9.17, 15) is 9.59 Å². The van der Waals surface area contributed by atoms with Crippen LogP contribution >= 0.6 is 0 Å². The summed E-state index contributed by atoms with van der Waals surface area (Å²) in [4.78, 5) is 33.2. The summed E-state index contributed by atoms with van der Waals surface area (Å²) in [6, 6.07) is 0.371. The standard InChI is InChI=1S/C20H34N4O2/c1-4-9-23(10-5-2)19(25)16-21-12-14-22(15-13-21)17-20(26)24-11-7-6-8-18(24)3/h4-5,18H,1-2,6-17H2,3H3. The van der Waals surface area contributed by atoms with Crippen molar-refractivity contribution in [2.24, 2.45) is 0 Å². The highest BCUT2D eigenvalue weighted by molar-refractivity contribution is 5.79. The van der Waals surface area contributed by atoms with Crippen molar-refractivity contribution in [3.05, 3.63) is 25.3 Å². The molecule has 1 unspecified atom stereocenters. The van der Waals surface area contributed by atoms with Gasteiger partial charge in [-0.15, -0.1) is 13.2 Å². The maximum absolute atomic E-state index is 12.6. The minimum atomic E-state index is 0.108. The molecule has 0 aromatic carbocycles. The Morgan fingerprint density at radius 1 is 0.962 bits per heavy atom. The van der Waals surface area contributed by atoms with Crippen molar-refractivity contribution < 1.29 is 9.59 Å². The van der Waals surface area contributed by atoms with E-state index >= 15 is 0 Å². The van der Waals surface area contributed by atoms with Gasteiger partial charge in [0.2, 0.25) is 11.8 Å². The fourth-order valence-electron chi connectivity index (χ4n) is 3.74. The van der Waals surface area contributed by atoms with Crippen LogP contribution in [0, 0.1) is 0 Å². The van der Waals surface area contributed by atoms with Gasteiger partial charge in [-0.1, -0.05) is 12.2 Å². The summed E-state index contributed by atoms with van der Waals surface area (Å²) in [5.74, 6) is 0.362. The largest absolute Gasteiger partial charge is 0.339 e. The second-order valence-electron chi connectivity index (χ2n) is 7.36. The molecule has 2 fully saturated rings. The van der Waals surface area contributed by atoms with Crippen LogP contribution in [-0.2, 0) is 9.59 Å². The molecule has 146 valence electrons. The molecule has 2 aliphatic rings. The number of hydrogen-bond acceptors (Lipinski definition) is 4. The number of rotatable bonds is 8. The van der Waals surface area contributed by atoms with Crippen LogP contribution in [0.3, 0.4) is 0 Å². The van der Waals surface area contributed by atoms with Crippen LogP contribution in [0.4, 0.5) is 0 Å². The van der Waals surface area contributed by atoms with E-state index in [2.05, 4.69) is 29.9 Å². The first-order chi connectivity index (χ1) is 12.5. The highest BCUT2D eigenvalue weighted by Gasteiger charge is 2.27. The Bertz CT molecular complexity index is 490. The van der Waals surface area contributed by atoms with Gasteiger partial charge in [0.15, 0.2) is 0 Å². The molecule has 2 rings (SSSR count). The minimum Gasteiger partial charge on any atom is -0.339 e. The Hall–Kier alpha value is -1.66. The summed E-state index contributed by atoms with van der Waals surface area (Å²) in [7, 11) is 0. The van der Waals surface area contributed by atoms with E-state index in [4.69, 9.17) is 0 Å². The van der Waals surface area contributed by atoms with Gasteiger partial charge < -0.3 is 9.80 Å². The fourth-order valence-corrected chi connectivity index (χ4v) is 3.74. The van der Waals surface area contributed by atoms with E-state index in [1.165, 1.54) is 6.42 Å². The van der Waals surface area contributed by atoms with E-state index in [0.717, 1.165) is 45.6 Å². The third kappa shape index (κ3) is 5.95. The Morgan fingerprint density at radius 3 is 2.08 bits per heavy atom. The molecule has 0 N–H and O–H groups in total. The normalized spacial score (nSPS) is 22.0. The zero-order valence-electron chi connectivity index (χ0n) is 16.2. The highest BCUT2D eigenvalue weighted by atomic mass is 16.2. The molecule has 2 saturated heterocycles. The van der Waals surface area contributed by atoms with Gasteiger partial charge in [0.1, 0.15) is 0 Å². The maximum atomic E-state index is 12.6. The lowest BCUT2D eigenvalue weighted by Gasteiger charge is -2.38. The Labute approximate surface area is 158 Å². The number of piperidine rings is 1. The van der Waals surface area contributed by atoms with Gasteiger partial charge in [-0.2, -0.15) is 0 Å². The number of nitrogens with zero attached hydrogens (tertiary/aromatic N) is 4. The third-order valence-electron chi connectivity index (χ3n) is 5.36. The highest BCUT2D eigenvalue weighted by Crippen LogP contribution is 2.17. The van der Waals surface area contributed by atoms with Gasteiger partial charge in [-0.3, -0.25) is 19.4 Å². The van der Waals surface area contributed by atoms with Crippen LogP contribution in [-0.4, -0.2) is 96.4 Å². The monoisotopic (exact) mass is 362 g/mol. The molecule has 6 nitrogen and oxygen atoms in total. The zero-order valence-corrected chi connectivity index (χ0v) is 16.2. The number of carbonyl (C=O) groups excluding carboxylic acids is 2. The van der Waals surface area contributed by atoms with E-state index in [1.807, 2.05) is 4.90 Å². The maximum Gasteiger partial charge on any atom is 0.237 e. The quantitative estimate of drug-likeness (QED) is 0.609. The molecular formula is C20H34N4O2. The molecule has 1 atom stereocenters. The van der Waals surface area contributed by atoms with Gasteiger partial charge in [-0.05, 0) is 26.2 Å². The van der Waals surface area contributed by atoms with Crippen molar-refractivity contribution in [3.63, 3.8) is 0 Å². The summed E-state index contributed by atoms with van der Waals surface area (Å²) in [5, 5.41) is 0. The molecular weight excluding hydrogens is 328 g/mol. The lowest BCUT2D eigenvalue weighted by atomic mass is 10.0. The van der Waals surface area contributed by atoms with E-state index < -0.39 is 0 Å². The van der Waals surface area contributed by atoms with Crippen LogP contribution in [0.5, 0.6) is 0 Å². The molecule has 6 heteroatoms. The topological polar surface area (TPSA) is 47.1 Å². The Balaban J connectivity index is 1.74. The molecule has 0 aromatic rings. The van der Waals surface area contributed by atoms with E-state index in [0.29, 0.717) is 32.2 Å². The smallest absolute Gasteiger partial charge is 0.237 e. The SMILES string of the molecule is C=CCN(CC=C)C(=O)CN1CCN(CC(=O)N2CCCCC2C)CC1. The molecule has 2 aliphatic heterocycles. The van der Waals surface area contributed by atoms with Crippen molar-refractivity contribution >= 4 is 11.8 Å². The van der Waals surface area contributed by atoms with E-state index in [-0.39, 0.29) is 11.8 Å². The summed E-state index contributed by atoms with van der Waals surface area (Å²) in [5.41, 5.74) is 0.